The van der Waals surface area contributed by atoms with Crippen molar-refractivity contribution < 1.29 is 14.3 Å². The lowest BCUT2D eigenvalue weighted by molar-refractivity contribution is 0.0692. The van der Waals surface area contributed by atoms with Crippen molar-refractivity contribution in [2.24, 2.45) is 0 Å². The molecule has 2 rings (SSSR count). The first-order valence-electron chi connectivity index (χ1n) is 5.27. The fraction of sp³-hybridized carbons (Fsp3) is 0. The molecular weight excluding hydrogens is 231 g/mol. The van der Waals surface area contributed by atoms with E-state index in [0.29, 0.717) is 5.56 Å². The maximum Gasteiger partial charge on any atom is 0.338 e. The topological polar surface area (TPSA) is 37.3 Å². The normalized spacial score (nSPS) is 9.39. The van der Waals surface area contributed by atoms with Crippen molar-refractivity contribution in [1.82, 2.24) is 0 Å². The van der Waals surface area contributed by atoms with Gasteiger partial charge in [-0.3, -0.25) is 0 Å². The molecule has 0 amide bonds. The summed E-state index contributed by atoms with van der Waals surface area (Å²) in [6, 6.07) is 13.1. The number of rotatable bonds is 1. The van der Waals surface area contributed by atoms with Gasteiger partial charge in [-0.25, -0.2) is 9.18 Å². The summed E-state index contributed by atoms with van der Waals surface area (Å²) in [7, 11) is 0. The summed E-state index contributed by atoms with van der Waals surface area (Å²) in [5.41, 5.74) is 0.918. The highest BCUT2D eigenvalue weighted by atomic mass is 19.1. The molecule has 0 unspecified atom stereocenters. The first-order valence-corrected chi connectivity index (χ1v) is 5.27. The van der Waals surface area contributed by atoms with E-state index >= 15 is 0 Å². The largest absolute Gasteiger partial charge is 0.478 e. The predicted octanol–water partition coefficient (Wildman–Crippen LogP) is 2.92. The molecule has 3 heteroatoms. The van der Waals surface area contributed by atoms with Crippen LogP contribution in [0.3, 0.4) is 0 Å². The lowest BCUT2D eigenvalue weighted by Gasteiger charge is -1.97. The molecule has 0 aliphatic rings. The second kappa shape index (κ2) is 5.15. The second-order valence-corrected chi connectivity index (χ2v) is 3.62. The van der Waals surface area contributed by atoms with Gasteiger partial charge in [-0.2, -0.15) is 0 Å². The van der Waals surface area contributed by atoms with Crippen molar-refractivity contribution in [3.05, 3.63) is 71.0 Å². The first kappa shape index (κ1) is 11.9. The van der Waals surface area contributed by atoms with E-state index in [1.165, 1.54) is 12.1 Å². The molecule has 1 N–H and O–H groups in total. The van der Waals surface area contributed by atoms with Gasteiger partial charge in [-0.1, -0.05) is 30.0 Å². The molecule has 0 atom stereocenters. The van der Waals surface area contributed by atoms with E-state index in [2.05, 4.69) is 11.8 Å². The summed E-state index contributed by atoms with van der Waals surface area (Å²) in [6.45, 7) is 0. The van der Waals surface area contributed by atoms with Crippen LogP contribution < -0.4 is 0 Å². The van der Waals surface area contributed by atoms with Crippen LogP contribution in [0.4, 0.5) is 4.39 Å². The Morgan fingerprint density at radius 2 is 1.67 bits per heavy atom. The van der Waals surface area contributed by atoms with Gasteiger partial charge in [0.05, 0.1) is 5.56 Å². The Kier molecular flexibility index (Phi) is 3.40. The predicted molar refractivity (Wildman–Crippen MR) is 65.8 cm³/mol. The van der Waals surface area contributed by atoms with Crippen molar-refractivity contribution in [1.29, 1.82) is 0 Å². The molecule has 0 aromatic heterocycles. The number of carbonyl (C=O) groups is 1. The van der Waals surface area contributed by atoms with Gasteiger partial charge in [-0.05, 0) is 30.3 Å². The highest BCUT2D eigenvalue weighted by Crippen LogP contribution is 2.10. The van der Waals surface area contributed by atoms with Crippen molar-refractivity contribution in [2.45, 2.75) is 0 Å². The summed E-state index contributed by atoms with van der Waals surface area (Å²) in [6.07, 6.45) is 0. The number of halogens is 1. The molecule has 2 aromatic rings. The third-order valence-electron chi connectivity index (χ3n) is 2.32. The van der Waals surface area contributed by atoms with Crippen molar-refractivity contribution >= 4 is 5.97 Å². The van der Waals surface area contributed by atoms with Crippen LogP contribution >= 0.6 is 0 Å². The van der Waals surface area contributed by atoms with Gasteiger partial charge in [0.25, 0.3) is 0 Å². The van der Waals surface area contributed by atoms with Gasteiger partial charge in [0.15, 0.2) is 0 Å². The Labute approximate surface area is 104 Å². The van der Waals surface area contributed by atoms with Crippen LogP contribution in [0.15, 0.2) is 48.5 Å². The lowest BCUT2D eigenvalue weighted by atomic mass is 10.1. The SMILES string of the molecule is O=C(O)c1ccc(C#Cc2ccccc2)cc1F. The Morgan fingerprint density at radius 1 is 1.00 bits per heavy atom. The number of hydrogen-bond acceptors (Lipinski definition) is 1. The van der Waals surface area contributed by atoms with Crippen LogP contribution in [0.25, 0.3) is 0 Å². The van der Waals surface area contributed by atoms with Crippen LogP contribution in [0.2, 0.25) is 0 Å². The molecule has 0 aliphatic carbocycles. The Balaban J connectivity index is 2.29. The number of benzene rings is 2. The van der Waals surface area contributed by atoms with E-state index < -0.39 is 11.8 Å². The van der Waals surface area contributed by atoms with E-state index in [1.807, 2.05) is 30.3 Å². The number of aromatic carboxylic acids is 1. The van der Waals surface area contributed by atoms with Crippen LogP contribution in [0.5, 0.6) is 0 Å². The van der Waals surface area contributed by atoms with E-state index in [1.54, 1.807) is 0 Å². The first-order chi connectivity index (χ1) is 8.66. The average Bonchev–Trinajstić information content (AvgIpc) is 2.37. The van der Waals surface area contributed by atoms with Gasteiger partial charge in [-0.15, -0.1) is 0 Å². The minimum atomic E-state index is -1.28. The summed E-state index contributed by atoms with van der Waals surface area (Å²) < 4.78 is 13.4. The third kappa shape index (κ3) is 2.74. The van der Waals surface area contributed by atoms with E-state index in [9.17, 15) is 9.18 Å². The van der Waals surface area contributed by atoms with Crippen LogP contribution in [0.1, 0.15) is 21.5 Å². The minimum absolute atomic E-state index is 0.347. The van der Waals surface area contributed by atoms with E-state index in [-0.39, 0.29) is 5.56 Å². The summed E-state index contributed by atoms with van der Waals surface area (Å²) in [4.78, 5) is 10.6. The Hall–Kier alpha value is -2.60. The summed E-state index contributed by atoms with van der Waals surface area (Å²) in [5.74, 6) is 3.60. The van der Waals surface area contributed by atoms with Gasteiger partial charge < -0.3 is 5.11 Å². The molecule has 0 radical (unpaired) electrons. The number of carboxylic acid groups (broad SMARTS) is 1. The smallest absolute Gasteiger partial charge is 0.338 e. The van der Waals surface area contributed by atoms with Gasteiger partial charge in [0, 0.05) is 11.1 Å². The maximum atomic E-state index is 13.4. The zero-order valence-electron chi connectivity index (χ0n) is 9.35. The lowest BCUT2D eigenvalue weighted by Crippen LogP contribution is -2.00. The highest BCUT2D eigenvalue weighted by molar-refractivity contribution is 5.88. The highest BCUT2D eigenvalue weighted by Gasteiger charge is 2.09. The molecule has 0 saturated carbocycles. The monoisotopic (exact) mass is 240 g/mol. The fourth-order valence-electron chi connectivity index (χ4n) is 1.43. The van der Waals surface area contributed by atoms with Crippen LogP contribution in [-0.4, -0.2) is 11.1 Å². The van der Waals surface area contributed by atoms with E-state index in [4.69, 9.17) is 5.11 Å². The van der Waals surface area contributed by atoms with Gasteiger partial charge in [0.1, 0.15) is 5.82 Å². The molecular formula is C15H9FO2. The molecule has 18 heavy (non-hydrogen) atoms. The van der Waals surface area contributed by atoms with Gasteiger partial charge in [0.2, 0.25) is 0 Å². The van der Waals surface area contributed by atoms with Crippen LogP contribution in [0, 0.1) is 17.7 Å². The zero-order valence-corrected chi connectivity index (χ0v) is 9.35. The molecule has 0 aliphatic heterocycles. The van der Waals surface area contributed by atoms with Crippen molar-refractivity contribution in [3.8, 4) is 11.8 Å². The molecule has 0 fully saturated rings. The minimum Gasteiger partial charge on any atom is -0.478 e. The summed E-state index contributed by atoms with van der Waals surface area (Å²) >= 11 is 0. The molecule has 0 saturated heterocycles. The Bertz CT molecular complexity index is 637. The summed E-state index contributed by atoms with van der Waals surface area (Å²) in [5, 5.41) is 8.69. The van der Waals surface area contributed by atoms with E-state index in [0.717, 1.165) is 11.6 Å². The fourth-order valence-corrected chi connectivity index (χ4v) is 1.43. The number of hydrogen-bond donors (Lipinski definition) is 1. The molecule has 2 aromatic carbocycles. The molecule has 2 nitrogen and oxygen atoms in total. The van der Waals surface area contributed by atoms with Crippen LogP contribution in [-0.2, 0) is 0 Å². The number of carboxylic acids is 1. The average molecular weight is 240 g/mol. The third-order valence-corrected chi connectivity index (χ3v) is 2.32. The Morgan fingerprint density at radius 3 is 2.28 bits per heavy atom. The van der Waals surface area contributed by atoms with Crippen molar-refractivity contribution in [3.63, 3.8) is 0 Å². The molecule has 0 heterocycles. The van der Waals surface area contributed by atoms with Crippen molar-refractivity contribution in [2.75, 3.05) is 0 Å². The molecule has 0 spiro atoms. The zero-order chi connectivity index (χ0) is 13.0. The quantitative estimate of drug-likeness (QED) is 0.778. The second-order valence-electron chi connectivity index (χ2n) is 3.62. The standard InChI is InChI=1S/C15H9FO2/c16-14-10-12(8-9-13(14)15(17)18)7-6-11-4-2-1-3-5-11/h1-5,8-10H,(H,17,18). The molecule has 88 valence electrons. The van der Waals surface area contributed by atoms with Gasteiger partial charge >= 0.3 is 5.97 Å². The maximum absolute atomic E-state index is 13.4. The molecule has 0 bridgehead atoms.